The van der Waals surface area contributed by atoms with Crippen LogP contribution in [-0.4, -0.2) is 29.7 Å². The highest BCUT2D eigenvalue weighted by atomic mass is 16.6. The molecule has 0 saturated carbocycles. The molecular weight excluding hydrogens is 328 g/mol. The number of carbonyl (C=O) groups is 5. The highest BCUT2D eigenvalue weighted by molar-refractivity contribution is 6.21. The summed E-state index contributed by atoms with van der Waals surface area (Å²) in [6, 6.07) is 5.63. The van der Waals surface area contributed by atoms with E-state index < -0.39 is 23.9 Å². The molecule has 0 unspecified atom stereocenters. The number of cyclic esters (lactones) is 4. The summed E-state index contributed by atoms with van der Waals surface area (Å²) >= 11 is 0. The third-order valence-electron chi connectivity index (χ3n) is 4.61. The zero-order chi connectivity index (χ0) is 17.5. The molecule has 7 nitrogen and oxygen atoms in total. The lowest BCUT2D eigenvalue weighted by atomic mass is 9.81. The van der Waals surface area contributed by atoms with Crippen molar-refractivity contribution < 1.29 is 33.4 Å². The number of rotatable bonds is 0. The fourth-order valence-corrected chi connectivity index (χ4v) is 3.42. The largest absolute Gasteiger partial charge is 0.386 e. The lowest BCUT2D eigenvalue weighted by molar-refractivity contribution is 0.0425. The molecule has 5 rings (SSSR count). The Hall–Kier alpha value is -3.61. The number of hydrogen-bond acceptors (Lipinski definition) is 7. The maximum atomic E-state index is 12.8. The quantitative estimate of drug-likeness (QED) is 0.452. The van der Waals surface area contributed by atoms with E-state index in [1.807, 2.05) is 0 Å². The minimum absolute atomic E-state index is 0.0521. The van der Waals surface area contributed by atoms with Gasteiger partial charge in [0.05, 0.1) is 22.3 Å². The van der Waals surface area contributed by atoms with E-state index in [0.29, 0.717) is 11.1 Å². The first kappa shape index (κ1) is 13.8. The Morgan fingerprint density at radius 3 is 1.28 bits per heavy atom. The van der Waals surface area contributed by atoms with Crippen molar-refractivity contribution in [1.82, 2.24) is 0 Å². The topological polar surface area (TPSA) is 104 Å². The minimum atomic E-state index is -0.787. The Kier molecular flexibility index (Phi) is 2.35. The van der Waals surface area contributed by atoms with Gasteiger partial charge in [-0.3, -0.25) is 4.79 Å². The first-order valence-corrected chi connectivity index (χ1v) is 7.35. The lowest BCUT2D eigenvalue weighted by Crippen LogP contribution is -2.17. The Morgan fingerprint density at radius 2 is 0.880 bits per heavy atom. The number of ketones is 1. The third-order valence-corrected chi connectivity index (χ3v) is 4.61. The summed E-state index contributed by atoms with van der Waals surface area (Å²) in [4.78, 5) is 59.6. The monoisotopic (exact) mass is 334 g/mol. The average molecular weight is 334 g/mol. The van der Waals surface area contributed by atoms with Gasteiger partial charge < -0.3 is 9.47 Å². The Labute approximate surface area is 139 Å². The van der Waals surface area contributed by atoms with E-state index in [-0.39, 0.29) is 45.6 Å². The van der Waals surface area contributed by atoms with Gasteiger partial charge in [0, 0.05) is 11.1 Å². The van der Waals surface area contributed by atoms with Gasteiger partial charge in [-0.05, 0) is 41.8 Å². The molecule has 0 spiro atoms. The van der Waals surface area contributed by atoms with E-state index in [1.165, 1.54) is 24.3 Å². The van der Waals surface area contributed by atoms with Crippen LogP contribution in [0.1, 0.15) is 68.5 Å². The van der Waals surface area contributed by atoms with Gasteiger partial charge in [-0.2, -0.15) is 0 Å². The summed E-state index contributed by atoms with van der Waals surface area (Å²) in [5.41, 5.74) is 2.01. The number of esters is 4. The molecule has 2 aromatic rings. The van der Waals surface area contributed by atoms with Gasteiger partial charge in [0.25, 0.3) is 0 Å². The van der Waals surface area contributed by atoms with Crippen molar-refractivity contribution in [2.75, 3.05) is 0 Å². The second-order valence-corrected chi connectivity index (χ2v) is 5.97. The summed E-state index contributed by atoms with van der Waals surface area (Å²) in [6.45, 7) is 0. The molecule has 0 atom stereocenters. The molecule has 0 amide bonds. The number of benzene rings is 2. The number of ether oxygens (including phenoxy) is 2. The van der Waals surface area contributed by atoms with Crippen molar-refractivity contribution in [2.24, 2.45) is 0 Å². The SMILES string of the molecule is O=C1c2cc3c(cc2Cc2cc4c(cc21)C(=O)OC4=O)C(=O)OC3=O. The number of fused-ring (bicyclic) bond motifs is 4. The first-order chi connectivity index (χ1) is 11.9. The van der Waals surface area contributed by atoms with Crippen LogP contribution in [0.3, 0.4) is 0 Å². The molecule has 0 fully saturated rings. The van der Waals surface area contributed by atoms with Crippen LogP contribution in [0.25, 0.3) is 0 Å². The van der Waals surface area contributed by atoms with Crippen molar-refractivity contribution in [2.45, 2.75) is 6.42 Å². The smallest absolute Gasteiger partial charge is 0.346 e. The maximum Gasteiger partial charge on any atom is 0.346 e. The van der Waals surface area contributed by atoms with Gasteiger partial charge >= 0.3 is 23.9 Å². The molecule has 0 radical (unpaired) electrons. The summed E-state index contributed by atoms with van der Waals surface area (Å²) < 4.78 is 9.12. The standard InChI is InChI=1S/C18H6O7/c19-14-8-4-12-10(15(20)24-17(12)22)2-6(8)1-7-3-11-13(5-9(7)14)18(23)25-16(11)21/h2-5H,1H2. The van der Waals surface area contributed by atoms with Gasteiger partial charge in [0.2, 0.25) is 0 Å². The summed E-state index contributed by atoms with van der Waals surface area (Å²) in [5.74, 6) is -3.46. The molecule has 2 aliphatic heterocycles. The van der Waals surface area contributed by atoms with Gasteiger partial charge in [0.15, 0.2) is 5.78 Å². The average Bonchev–Trinajstić information content (AvgIpc) is 3.01. The molecule has 1 aliphatic carbocycles. The van der Waals surface area contributed by atoms with Crippen LogP contribution in [-0.2, 0) is 15.9 Å². The van der Waals surface area contributed by atoms with Gasteiger partial charge in [0.1, 0.15) is 0 Å². The van der Waals surface area contributed by atoms with Crippen molar-refractivity contribution in [3.8, 4) is 0 Å². The second-order valence-electron chi connectivity index (χ2n) is 5.97. The van der Waals surface area contributed by atoms with Crippen LogP contribution in [0.4, 0.5) is 0 Å². The van der Waals surface area contributed by atoms with E-state index >= 15 is 0 Å². The summed E-state index contributed by atoms with van der Waals surface area (Å²) in [5, 5.41) is 0. The maximum absolute atomic E-state index is 12.8. The zero-order valence-electron chi connectivity index (χ0n) is 12.4. The Bertz CT molecular complexity index is 1020. The molecule has 0 saturated heterocycles. The molecule has 0 bridgehead atoms. The molecule has 7 heteroatoms. The van der Waals surface area contributed by atoms with Crippen LogP contribution < -0.4 is 0 Å². The van der Waals surface area contributed by atoms with Crippen LogP contribution in [0.15, 0.2) is 24.3 Å². The number of hydrogen-bond donors (Lipinski definition) is 0. The third kappa shape index (κ3) is 1.66. The molecule has 25 heavy (non-hydrogen) atoms. The van der Waals surface area contributed by atoms with E-state index in [9.17, 15) is 24.0 Å². The first-order valence-electron chi connectivity index (χ1n) is 7.35. The van der Waals surface area contributed by atoms with Crippen LogP contribution in [0.5, 0.6) is 0 Å². The molecule has 120 valence electrons. The fraction of sp³-hybridized carbons (Fsp3) is 0.0556. The Morgan fingerprint density at radius 1 is 0.520 bits per heavy atom. The molecule has 2 aromatic carbocycles. The molecule has 2 heterocycles. The van der Waals surface area contributed by atoms with Crippen LogP contribution >= 0.6 is 0 Å². The highest BCUT2D eigenvalue weighted by Crippen LogP contribution is 2.34. The predicted octanol–water partition coefficient (Wildman–Crippen LogP) is 1.44. The highest BCUT2D eigenvalue weighted by Gasteiger charge is 2.37. The van der Waals surface area contributed by atoms with Crippen molar-refractivity contribution >= 4 is 29.7 Å². The normalized spacial score (nSPS) is 16.9. The van der Waals surface area contributed by atoms with Crippen molar-refractivity contribution in [3.05, 3.63) is 68.8 Å². The zero-order valence-corrected chi connectivity index (χ0v) is 12.4. The van der Waals surface area contributed by atoms with E-state index in [4.69, 9.17) is 0 Å². The minimum Gasteiger partial charge on any atom is -0.386 e. The number of carbonyl (C=O) groups excluding carboxylic acids is 5. The predicted molar refractivity (Wildman–Crippen MR) is 78.6 cm³/mol. The summed E-state index contributed by atoms with van der Waals surface area (Å²) in [7, 11) is 0. The van der Waals surface area contributed by atoms with Gasteiger partial charge in [-0.15, -0.1) is 0 Å². The molecule has 0 aromatic heterocycles. The molecular formula is C18H6O7. The van der Waals surface area contributed by atoms with Crippen LogP contribution in [0.2, 0.25) is 0 Å². The van der Waals surface area contributed by atoms with E-state index in [0.717, 1.165) is 0 Å². The van der Waals surface area contributed by atoms with Crippen LogP contribution in [0, 0.1) is 0 Å². The fourth-order valence-electron chi connectivity index (χ4n) is 3.42. The van der Waals surface area contributed by atoms with Crippen molar-refractivity contribution in [3.63, 3.8) is 0 Å². The summed E-state index contributed by atoms with van der Waals surface area (Å²) in [6.07, 6.45) is 0.278. The van der Waals surface area contributed by atoms with Gasteiger partial charge in [-0.25, -0.2) is 19.2 Å². The Balaban J connectivity index is 1.72. The van der Waals surface area contributed by atoms with Gasteiger partial charge in [-0.1, -0.05) is 0 Å². The molecule has 3 aliphatic rings. The molecule has 0 N–H and O–H groups in total. The van der Waals surface area contributed by atoms with E-state index in [2.05, 4.69) is 9.47 Å². The van der Waals surface area contributed by atoms with E-state index in [1.54, 1.807) is 0 Å². The van der Waals surface area contributed by atoms with Crippen molar-refractivity contribution in [1.29, 1.82) is 0 Å². The lowest BCUT2D eigenvalue weighted by Gasteiger charge is -2.19. The second kappa shape index (κ2) is 4.27.